The molecule has 5 nitrogen and oxygen atoms in total. The number of aromatic nitrogens is 1. The van der Waals surface area contributed by atoms with Crippen LogP contribution in [0.3, 0.4) is 0 Å². The molecule has 2 heterocycles. The predicted octanol–water partition coefficient (Wildman–Crippen LogP) is 3.27. The molecule has 2 atom stereocenters. The Morgan fingerprint density at radius 1 is 1.28 bits per heavy atom. The first kappa shape index (κ1) is 16.3. The number of hydrogen-bond donors (Lipinski definition) is 0. The number of carbonyl (C=O) groups excluding carboxylic acids is 1. The first-order valence-electron chi connectivity index (χ1n) is 9.07. The van der Waals surface area contributed by atoms with Crippen LogP contribution in [0.2, 0.25) is 0 Å². The molecule has 1 aromatic carbocycles. The maximum Gasteiger partial charge on any atom is 0.276 e. The van der Waals surface area contributed by atoms with E-state index in [4.69, 9.17) is 9.26 Å². The van der Waals surface area contributed by atoms with Crippen LogP contribution < -0.4 is 0 Å². The molecule has 0 unspecified atom stereocenters. The lowest BCUT2D eigenvalue weighted by Gasteiger charge is -2.37. The molecule has 25 heavy (non-hydrogen) atoms. The summed E-state index contributed by atoms with van der Waals surface area (Å²) in [5, 5.41) is 4.00. The zero-order valence-corrected chi connectivity index (χ0v) is 14.6. The van der Waals surface area contributed by atoms with E-state index in [1.165, 1.54) is 5.56 Å². The van der Waals surface area contributed by atoms with E-state index in [0.29, 0.717) is 30.6 Å². The van der Waals surface area contributed by atoms with Gasteiger partial charge in [-0.15, -0.1) is 0 Å². The van der Waals surface area contributed by atoms with Crippen LogP contribution >= 0.6 is 0 Å². The zero-order valence-electron chi connectivity index (χ0n) is 14.6. The molecule has 2 aromatic rings. The molecule has 1 aromatic heterocycles. The number of ether oxygens (including phenoxy) is 1. The number of hydrogen-bond acceptors (Lipinski definition) is 4. The number of amides is 1. The Morgan fingerprint density at radius 3 is 2.80 bits per heavy atom. The van der Waals surface area contributed by atoms with Crippen LogP contribution in [0.5, 0.6) is 0 Å². The van der Waals surface area contributed by atoms with E-state index < -0.39 is 0 Å². The SMILES string of the molecule is CO[C@@H]1CCN(C(=O)c2cc(C3CC3)on2)C[C@H]1Cc1ccccc1. The van der Waals surface area contributed by atoms with Gasteiger partial charge in [0.1, 0.15) is 5.76 Å². The van der Waals surface area contributed by atoms with Gasteiger partial charge in [-0.25, -0.2) is 0 Å². The minimum atomic E-state index is -0.0248. The molecule has 2 fully saturated rings. The van der Waals surface area contributed by atoms with E-state index in [2.05, 4.69) is 29.4 Å². The minimum absolute atomic E-state index is 0.0248. The maximum atomic E-state index is 12.8. The van der Waals surface area contributed by atoms with E-state index in [1.807, 2.05) is 17.0 Å². The quantitative estimate of drug-likeness (QED) is 0.838. The Bertz CT molecular complexity index is 724. The standard InChI is InChI=1S/C20H24N2O3/c1-24-18-9-10-22(13-16(18)11-14-5-3-2-4-6-14)20(23)17-12-19(25-21-17)15-7-8-15/h2-6,12,15-16,18H,7-11,13H2,1H3/t16-,18-/m1/s1. The minimum Gasteiger partial charge on any atom is -0.381 e. The fourth-order valence-corrected chi connectivity index (χ4v) is 3.73. The average molecular weight is 340 g/mol. The van der Waals surface area contributed by atoms with Crippen molar-refractivity contribution in [2.24, 2.45) is 5.92 Å². The van der Waals surface area contributed by atoms with Gasteiger partial charge in [0.2, 0.25) is 0 Å². The molecule has 1 aliphatic heterocycles. The summed E-state index contributed by atoms with van der Waals surface area (Å²) in [6.07, 6.45) is 4.23. The molecule has 4 rings (SSSR count). The van der Waals surface area contributed by atoms with Gasteiger partial charge in [0.25, 0.3) is 5.91 Å². The molecular weight excluding hydrogens is 316 g/mol. The smallest absolute Gasteiger partial charge is 0.276 e. The molecule has 0 bridgehead atoms. The van der Waals surface area contributed by atoms with Crippen LogP contribution in [0.4, 0.5) is 0 Å². The van der Waals surface area contributed by atoms with Crippen molar-refractivity contribution in [1.82, 2.24) is 10.1 Å². The van der Waals surface area contributed by atoms with E-state index in [0.717, 1.165) is 31.4 Å². The molecule has 1 aliphatic carbocycles. The highest BCUT2D eigenvalue weighted by atomic mass is 16.5. The number of piperidine rings is 1. The molecule has 0 radical (unpaired) electrons. The van der Waals surface area contributed by atoms with Crippen molar-refractivity contribution in [3.8, 4) is 0 Å². The van der Waals surface area contributed by atoms with Crippen LogP contribution in [0, 0.1) is 5.92 Å². The van der Waals surface area contributed by atoms with Gasteiger partial charge in [-0.1, -0.05) is 35.5 Å². The summed E-state index contributed by atoms with van der Waals surface area (Å²) in [5.74, 6) is 1.60. The van der Waals surface area contributed by atoms with Crippen molar-refractivity contribution in [1.29, 1.82) is 0 Å². The first-order valence-corrected chi connectivity index (χ1v) is 9.07. The molecule has 0 N–H and O–H groups in total. The number of carbonyl (C=O) groups is 1. The third kappa shape index (κ3) is 3.61. The van der Waals surface area contributed by atoms with Crippen molar-refractivity contribution in [2.45, 2.75) is 37.7 Å². The third-order valence-electron chi connectivity index (χ3n) is 5.32. The van der Waals surface area contributed by atoms with Crippen LogP contribution in [0.1, 0.15) is 47.0 Å². The highest BCUT2D eigenvalue weighted by molar-refractivity contribution is 5.92. The molecule has 1 saturated heterocycles. The summed E-state index contributed by atoms with van der Waals surface area (Å²) < 4.78 is 11.0. The molecule has 132 valence electrons. The molecule has 2 aliphatic rings. The van der Waals surface area contributed by atoms with Crippen LogP contribution in [-0.4, -0.2) is 42.3 Å². The van der Waals surface area contributed by atoms with Crippen molar-refractivity contribution in [3.63, 3.8) is 0 Å². The number of methoxy groups -OCH3 is 1. The number of benzene rings is 1. The fourth-order valence-electron chi connectivity index (χ4n) is 3.73. The summed E-state index contributed by atoms with van der Waals surface area (Å²) >= 11 is 0. The second kappa shape index (κ2) is 7.00. The Kier molecular flexibility index (Phi) is 4.57. The molecule has 1 amide bonds. The van der Waals surface area contributed by atoms with E-state index in [1.54, 1.807) is 7.11 Å². The van der Waals surface area contributed by atoms with Crippen LogP contribution in [0.25, 0.3) is 0 Å². The summed E-state index contributed by atoms with van der Waals surface area (Å²) in [5.41, 5.74) is 1.72. The second-order valence-electron chi connectivity index (χ2n) is 7.15. The zero-order chi connectivity index (χ0) is 17.2. The van der Waals surface area contributed by atoms with E-state index >= 15 is 0 Å². The second-order valence-corrected chi connectivity index (χ2v) is 7.15. The summed E-state index contributed by atoms with van der Waals surface area (Å²) in [6.45, 7) is 1.39. The molecule has 0 spiro atoms. The van der Waals surface area contributed by atoms with Gasteiger partial charge in [0.15, 0.2) is 5.69 Å². The van der Waals surface area contributed by atoms with Gasteiger partial charge in [-0.2, -0.15) is 0 Å². The lowest BCUT2D eigenvalue weighted by atomic mass is 9.88. The molecule has 5 heteroatoms. The summed E-state index contributed by atoms with van der Waals surface area (Å²) in [4.78, 5) is 14.7. The van der Waals surface area contributed by atoms with Gasteiger partial charge < -0.3 is 14.2 Å². The number of likely N-dealkylation sites (tertiary alicyclic amines) is 1. The van der Waals surface area contributed by atoms with Gasteiger partial charge >= 0.3 is 0 Å². The van der Waals surface area contributed by atoms with E-state index in [-0.39, 0.29) is 12.0 Å². The van der Waals surface area contributed by atoms with Crippen molar-refractivity contribution < 1.29 is 14.1 Å². The van der Waals surface area contributed by atoms with Gasteiger partial charge in [-0.3, -0.25) is 4.79 Å². The maximum absolute atomic E-state index is 12.8. The highest BCUT2D eigenvalue weighted by Crippen LogP contribution is 2.40. The largest absolute Gasteiger partial charge is 0.381 e. The Hall–Kier alpha value is -2.14. The molecule has 1 saturated carbocycles. The Labute approximate surface area is 147 Å². The fraction of sp³-hybridized carbons (Fsp3) is 0.500. The van der Waals surface area contributed by atoms with Crippen molar-refractivity contribution >= 4 is 5.91 Å². The highest BCUT2D eigenvalue weighted by Gasteiger charge is 2.34. The van der Waals surface area contributed by atoms with Crippen LogP contribution in [0.15, 0.2) is 40.9 Å². The number of nitrogens with zero attached hydrogens (tertiary/aromatic N) is 2. The van der Waals surface area contributed by atoms with Gasteiger partial charge in [0, 0.05) is 38.1 Å². The summed E-state index contributed by atoms with van der Waals surface area (Å²) in [7, 11) is 1.76. The summed E-state index contributed by atoms with van der Waals surface area (Å²) in [6, 6.07) is 12.2. The third-order valence-corrected chi connectivity index (χ3v) is 5.32. The predicted molar refractivity (Wildman–Crippen MR) is 93.4 cm³/mol. The Balaban J connectivity index is 1.45. The van der Waals surface area contributed by atoms with Crippen LogP contribution in [-0.2, 0) is 11.2 Å². The lowest BCUT2D eigenvalue weighted by molar-refractivity contribution is -0.00327. The van der Waals surface area contributed by atoms with Crippen molar-refractivity contribution in [2.75, 3.05) is 20.2 Å². The Morgan fingerprint density at radius 2 is 2.08 bits per heavy atom. The van der Waals surface area contributed by atoms with E-state index in [9.17, 15) is 4.79 Å². The topological polar surface area (TPSA) is 55.6 Å². The van der Waals surface area contributed by atoms with Crippen molar-refractivity contribution in [3.05, 3.63) is 53.4 Å². The first-order chi connectivity index (χ1) is 12.2. The molecular formula is C20H24N2O3. The average Bonchev–Trinajstić information content (AvgIpc) is 3.39. The normalized spacial score (nSPS) is 23.6. The monoisotopic (exact) mass is 340 g/mol. The lowest BCUT2D eigenvalue weighted by Crippen LogP contribution is -2.47. The number of rotatable bonds is 5. The van der Waals surface area contributed by atoms with Gasteiger partial charge in [-0.05, 0) is 31.2 Å². The van der Waals surface area contributed by atoms with Gasteiger partial charge in [0.05, 0.1) is 6.10 Å².